The van der Waals surface area contributed by atoms with Gasteiger partial charge in [0.25, 0.3) is 11.6 Å². The Labute approximate surface area is 150 Å². The lowest BCUT2D eigenvalue weighted by Crippen LogP contribution is -2.30. The van der Waals surface area contributed by atoms with Gasteiger partial charge < -0.3 is 10.1 Å². The van der Waals surface area contributed by atoms with Gasteiger partial charge in [0.2, 0.25) is 0 Å². The van der Waals surface area contributed by atoms with Crippen molar-refractivity contribution in [1.29, 1.82) is 0 Å². The predicted octanol–water partition coefficient (Wildman–Crippen LogP) is 3.03. The lowest BCUT2D eigenvalue weighted by Gasteiger charge is -2.13. The molecular formula is C19H18N2O5. The van der Waals surface area contributed by atoms with Gasteiger partial charge in [0.05, 0.1) is 16.5 Å². The van der Waals surface area contributed by atoms with Crippen LogP contribution in [0.1, 0.15) is 24.1 Å². The first-order valence-electron chi connectivity index (χ1n) is 7.90. The molecule has 134 valence electrons. The highest BCUT2D eigenvalue weighted by atomic mass is 16.6. The van der Waals surface area contributed by atoms with Crippen molar-refractivity contribution >= 4 is 23.6 Å². The van der Waals surface area contributed by atoms with E-state index in [4.69, 9.17) is 4.74 Å². The van der Waals surface area contributed by atoms with Crippen LogP contribution in [-0.2, 0) is 14.3 Å². The largest absolute Gasteiger partial charge is 0.452 e. The average Bonchev–Trinajstić information content (AvgIpc) is 2.65. The molecule has 2 aromatic rings. The molecule has 0 aliphatic rings. The number of nitrogens with one attached hydrogen (secondary N) is 1. The van der Waals surface area contributed by atoms with E-state index in [-0.39, 0.29) is 17.3 Å². The summed E-state index contributed by atoms with van der Waals surface area (Å²) in [5, 5.41) is 13.6. The normalized spacial score (nSPS) is 11.7. The highest BCUT2D eigenvalue weighted by molar-refractivity contribution is 5.90. The van der Waals surface area contributed by atoms with Crippen molar-refractivity contribution in [3.8, 4) is 0 Å². The van der Waals surface area contributed by atoms with E-state index < -0.39 is 23.4 Å². The average molecular weight is 354 g/mol. The molecule has 7 nitrogen and oxygen atoms in total. The van der Waals surface area contributed by atoms with E-state index in [0.717, 1.165) is 11.6 Å². The van der Waals surface area contributed by atoms with E-state index in [0.29, 0.717) is 0 Å². The second-order valence-corrected chi connectivity index (χ2v) is 5.46. The van der Waals surface area contributed by atoms with Gasteiger partial charge in [-0.15, -0.1) is 0 Å². The molecule has 0 heterocycles. The van der Waals surface area contributed by atoms with E-state index in [1.807, 2.05) is 37.3 Å². The minimum Gasteiger partial charge on any atom is -0.452 e. The summed E-state index contributed by atoms with van der Waals surface area (Å²) in [6.45, 7) is 1.39. The van der Waals surface area contributed by atoms with Gasteiger partial charge in [-0.1, -0.05) is 42.5 Å². The van der Waals surface area contributed by atoms with E-state index in [9.17, 15) is 19.7 Å². The first kappa shape index (κ1) is 18.9. The summed E-state index contributed by atoms with van der Waals surface area (Å²) >= 11 is 0. The Morgan fingerprint density at radius 2 is 1.81 bits per heavy atom. The summed E-state index contributed by atoms with van der Waals surface area (Å²) in [6.07, 6.45) is 2.33. The molecule has 1 atom stereocenters. The van der Waals surface area contributed by atoms with Gasteiger partial charge in [0.15, 0.2) is 6.61 Å². The van der Waals surface area contributed by atoms with Gasteiger partial charge in [-0.05, 0) is 24.6 Å². The fourth-order valence-electron chi connectivity index (χ4n) is 2.25. The molecule has 0 saturated heterocycles. The van der Waals surface area contributed by atoms with E-state index >= 15 is 0 Å². The highest BCUT2D eigenvalue weighted by Gasteiger charge is 2.12. The molecule has 0 aromatic heterocycles. The zero-order chi connectivity index (χ0) is 18.9. The van der Waals surface area contributed by atoms with E-state index in [1.54, 1.807) is 6.07 Å². The molecule has 0 unspecified atom stereocenters. The van der Waals surface area contributed by atoms with Crippen molar-refractivity contribution in [3.63, 3.8) is 0 Å². The van der Waals surface area contributed by atoms with Crippen LogP contribution in [0.3, 0.4) is 0 Å². The SMILES string of the molecule is C[C@H](NC(=O)COC(=O)/C=C/c1ccccc1[N+](=O)[O-])c1ccccc1. The Kier molecular flexibility index (Phi) is 6.61. The van der Waals surface area contributed by atoms with Crippen molar-refractivity contribution in [2.45, 2.75) is 13.0 Å². The van der Waals surface area contributed by atoms with Gasteiger partial charge in [-0.2, -0.15) is 0 Å². The maximum atomic E-state index is 11.8. The third-order valence-corrected chi connectivity index (χ3v) is 3.56. The summed E-state index contributed by atoms with van der Waals surface area (Å²) in [6, 6.07) is 15.2. The van der Waals surface area contributed by atoms with Crippen molar-refractivity contribution in [1.82, 2.24) is 5.32 Å². The summed E-state index contributed by atoms with van der Waals surface area (Å²) in [5.74, 6) is -1.19. The first-order valence-corrected chi connectivity index (χ1v) is 7.90. The molecule has 2 aromatic carbocycles. The van der Waals surface area contributed by atoms with Gasteiger partial charge in [0.1, 0.15) is 0 Å². The molecule has 0 aliphatic heterocycles. The molecule has 0 bridgehead atoms. The quantitative estimate of drug-likeness (QED) is 0.357. The number of nitrogens with zero attached hydrogens (tertiary/aromatic N) is 1. The van der Waals surface area contributed by atoms with E-state index in [2.05, 4.69) is 5.32 Å². The number of hydrogen-bond acceptors (Lipinski definition) is 5. The van der Waals surface area contributed by atoms with Crippen LogP contribution in [0.15, 0.2) is 60.7 Å². The number of amides is 1. The summed E-state index contributed by atoms with van der Waals surface area (Å²) in [4.78, 5) is 33.9. The number of nitro groups is 1. The van der Waals surface area contributed by atoms with Gasteiger partial charge in [-0.3, -0.25) is 14.9 Å². The number of rotatable bonds is 7. The molecule has 0 fully saturated rings. The van der Waals surface area contributed by atoms with E-state index in [1.165, 1.54) is 24.3 Å². The van der Waals surface area contributed by atoms with Gasteiger partial charge >= 0.3 is 5.97 Å². The van der Waals surface area contributed by atoms with Crippen molar-refractivity contribution in [2.75, 3.05) is 6.61 Å². The number of hydrogen-bond donors (Lipinski definition) is 1. The number of ether oxygens (including phenoxy) is 1. The minimum absolute atomic E-state index is 0.119. The van der Waals surface area contributed by atoms with Crippen LogP contribution in [0.4, 0.5) is 5.69 Å². The fraction of sp³-hybridized carbons (Fsp3) is 0.158. The molecular weight excluding hydrogens is 336 g/mol. The summed E-state index contributed by atoms with van der Waals surface area (Å²) < 4.78 is 4.86. The van der Waals surface area contributed by atoms with Crippen LogP contribution in [0.5, 0.6) is 0 Å². The monoisotopic (exact) mass is 354 g/mol. The van der Waals surface area contributed by atoms with Gasteiger partial charge in [-0.25, -0.2) is 4.79 Å². The molecule has 0 spiro atoms. The topological polar surface area (TPSA) is 98.5 Å². The zero-order valence-corrected chi connectivity index (χ0v) is 14.1. The van der Waals surface area contributed by atoms with Crippen LogP contribution in [0.2, 0.25) is 0 Å². The summed E-state index contributed by atoms with van der Waals surface area (Å²) in [7, 11) is 0. The number of esters is 1. The number of carbonyl (C=O) groups excluding carboxylic acids is 2. The molecule has 2 rings (SSSR count). The lowest BCUT2D eigenvalue weighted by atomic mass is 10.1. The standard InChI is InChI=1S/C19H18N2O5/c1-14(15-7-3-2-4-8-15)20-18(22)13-26-19(23)12-11-16-9-5-6-10-17(16)21(24)25/h2-12,14H,13H2,1H3,(H,20,22)/b12-11+/t14-/m0/s1. The first-order chi connectivity index (χ1) is 12.5. The molecule has 26 heavy (non-hydrogen) atoms. The number of benzene rings is 2. The molecule has 0 radical (unpaired) electrons. The number of carbonyl (C=O) groups is 2. The molecule has 1 N–H and O–H groups in total. The van der Waals surface area contributed by atoms with Crippen molar-refractivity contribution in [3.05, 3.63) is 81.9 Å². The van der Waals surface area contributed by atoms with Crippen molar-refractivity contribution in [2.24, 2.45) is 0 Å². The Bertz CT molecular complexity index is 818. The molecule has 0 aliphatic carbocycles. The highest BCUT2D eigenvalue weighted by Crippen LogP contribution is 2.18. The number of para-hydroxylation sites is 1. The van der Waals surface area contributed by atoms with Crippen molar-refractivity contribution < 1.29 is 19.2 Å². The Balaban J connectivity index is 1.85. The maximum Gasteiger partial charge on any atom is 0.331 e. The Morgan fingerprint density at radius 3 is 2.50 bits per heavy atom. The molecule has 0 saturated carbocycles. The second kappa shape index (κ2) is 9.12. The van der Waals surface area contributed by atoms with Gasteiger partial charge in [0, 0.05) is 12.1 Å². The third kappa shape index (κ3) is 5.55. The van der Waals surface area contributed by atoms with Crippen LogP contribution < -0.4 is 5.32 Å². The fourth-order valence-corrected chi connectivity index (χ4v) is 2.25. The zero-order valence-electron chi connectivity index (χ0n) is 14.1. The van der Waals surface area contributed by atoms with Crippen LogP contribution in [0.25, 0.3) is 6.08 Å². The van der Waals surface area contributed by atoms with Crippen LogP contribution >= 0.6 is 0 Å². The van der Waals surface area contributed by atoms with Crippen LogP contribution in [-0.4, -0.2) is 23.4 Å². The Morgan fingerprint density at radius 1 is 1.15 bits per heavy atom. The molecule has 7 heteroatoms. The minimum atomic E-state index is -0.759. The Hall–Kier alpha value is -3.48. The number of nitro benzene ring substituents is 1. The predicted molar refractivity (Wildman–Crippen MR) is 96.1 cm³/mol. The maximum absolute atomic E-state index is 11.8. The smallest absolute Gasteiger partial charge is 0.331 e. The lowest BCUT2D eigenvalue weighted by molar-refractivity contribution is -0.385. The van der Waals surface area contributed by atoms with Crippen LogP contribution in [0, 0.1) is 10.1 Å². The second-order valence-electron chi connectivity index (χ2n) is 5.46. The third-order valence-electron chi connectivity index (χ3n) is 3.56. The molecule has 1 amide bonds. The summed E-state index contributed by atoms with van der Waals surface area (Å²) in [5.41, 5.74) is 1.09.